The predicted molar refractivity (Wildman–Crippen MR) is 91.2 cm³/mol. The van der Waals surface area contributed by atoms with Crippen molar-refractivity contribution in [1.29, 1.82) is 0 Å². The van der Waals surface area contributed by atoms with E-state index in [0.717, 1.165) is 11.1 Å². The molecule has 0 aliphatic carbocycles. The van der Waals surface area contributed by atoms with Crippen molar-refractivity contribution >= 4 is 12.2 Å². The smallest absolute Gasteiger partial charge is 0.274 e. The Morgan fingerprint density at radius 1 is 1.08 bits per heavy atom. The van der Waals surface area contributed by atoms with Gasteiger partial charge in [-0.2, -0.15) is 5.10 Å². The molecular weight excluding hydrogens is 306 g/mol. The molecule has 0 saturated heterocycles. The molecule has 0 spiro atoms. The second-order valence-electron chi connectivity index (χ2n) is 5.07. The number of hydrazone groups is 1. The summed E-state index contributed by atoms with van der Waals surface area (Å²) in [5, 5.41) is 21.0. The van der Waals surface area contributed by atoms with E-state index in [0.29, 0.717) is 12.1 Å². The molecule has 3 rings (SSSR count). The summed E-state index contributed by atoms with van der Waals surface area (Å²) in [5.41, 5.74) is 4.43. The Hall–Kier alpha value is -3.48. The van der Waals surface area contributed by atoms with E-state index in [2.05, 4.69) is 25.7 Å². The van der Waals surface area contributed by atoms with Gasteiger partial charge in [0.2, 0.25) is 5.95 Å². The Labute approximate surface area is 137 Å². The first-order valence-electron chi connectivity index (χ1n) is 7.28. The third kappa shape index (κ3) is 4.04. The molecule has 0 saturated carbocycles. The lowest BCUT2D eigenvalue weighted by atomic mass is 10.1. The molecule has 2 aromatic carbocycles. The number of benzene rings is 2. The van der Waals surface area contributed by atoms with Crippen LogP contribution in [0.4, 0.5) is 5.95 Å². The number of nitrogens with one attached hydrogen (secondary N) is 2. The van der Waals surface area contributed by atoms with Crippen molar-refractivity contribution in [3.63, 3.8) is 0 Å². The van der Waals surface area contributed by atoms with E-state index in [9.17, 15) is 9.90 Å². The van der Waals surface area contributed by atoms with Gasteiger partial charge in [0.1, 0.15) is 11.4 Å². The first-order chi connectivity index (χ1) is 11.7. The Morgan fingerprint density at radius 2 is 1.83 bits per heavy atom. The van der Waals surface area contributed by atoms with Crippen molar-refractivity contribution in [2.75, 3.05) is 5.43 Å². The highest BCUT2D eigenvalue weighted by Crippen LogP contribution is 2.08. The first-order valence-corrected chi connectivity index (χ1v) is 7.28. The van der Waals surface area contributed by atoms with Crippen LogP contribution in [0.1, 0.15) is 16.8 Å². The van der Waals surface area contributed by atoms with Crippen LogP contribution < -0.4 is 11.0 Å². The summed E-state index contributed by atoms with van der Waals surface area (Å²) in [6, 6.07) is 16.1. The highest BCUT2D eigenvalue weighted by Gasteiger charge is 2.05. The minimum atomic E-state index is -0.309. The van der Waals surface area contributed by atoms with Gasteiger partial charge in [0.25, 0.3) is 5.56 Å². The Morgan fingerprint density at radius 3 is 2.54 bits per heavy atom. The zero-order valence-corrected chi connectivity index (χ0v) is 12.7. The van der Waals surface area contributed by atoms with Gasteiger partial charge in [-0.15, -0.1) is 10.2 Å². The summed E-state index contributed by atoms with van der Waals surface area (Å²) in [4.78, 5) is 14.6. The topological polar surface area (TPSA) is 103 Å². The summed E-state index contributed by atoms with van der Waals surface area (Å²) >= 11 is 0. The Balaban J connectivity index is 1.66. The number of aromatic hydroxyl groups is 1. The summed E-state index contributed by atoms with van der Waals surface area (Å²) in [6.45, 7) is 0. The number of anilines is 1. The van der Waals surface area contributed by atoms with Gasteiger partial charge < -0.3 is 5.11 Å². The maximum absolute atomic E-state index is 12.0. The molecule has 1 aromatic heterocycles. The lowest BCUT2D eigenvalue weighted by Gasteiger charge is -2.01. The van der Waals surface area contributed by atoms with Crippen molar-refractivity contribution in [3.05, 3.63) is 81.8 Å². The lowest BCUT2D eigenvalue weighted by molar-refractivity contribution is 0.475. The molecule has 3 aromatic rings. The monoisotopic (exact) mass is 321 g/mol. The lowest BCUT2D eigenvalue weighted by Crippen LogP contribution is -2.18. The van der Waals surface area contributed by atoms with Crippen LogP contribution in [0.15, 0.2) is 64.5 Å². The van der Waals surface area contributed by atoms with E-state index in [1.54, 1.807) is 24.3 Å². The van der Waals surface area contributed by atoms with E-state index < -0.39 is 0 Å². The summed E-state index contributed by atoms with van der Waals surface area (Å²) in [7, 11) is 0. The van der Waals surface area contributed by atoms with Crippen molar-refractivity contribution in [1.82, 2.24) is 15.2 Å². The van der Waals surface area contributed by atoms with Crippen LogP contribution in [0.25, 0.3) is 0 Å². The second-order valence-corrected chi connectivity index (χ2v) is 5.07. The van der Waals surface area contributed by atoms with Gasteiger partial charge in [-0.05, 0) is 35.4 Å². The van der Waals surface area contributed by atoms with Gasteiger partial charge in [0.05, 0.1) is 6.21 Å². The molecule has 1 heterocycles. The van der Waals surface area contributed by atoms with Crippen LogP contribution in [-0.4, -0.2) is 26.5 Å². The standard InChI is InChI=1S/C17H15N5O2/c23-14-8-6-13(7-9-14)11-18-21-17-19-16(24)15(20-22-17)10-12-4-2-1-3-5-12/h1-9,11,23H,10H2,(H2,19,21,22,24). The number of phenols is 1. The van der Waals surface area contributed by atoms with Crippen LogP contribution in [0, 0.1) is 0 Å². The summed E-state index contributed by atoms with van der Waals surface area (Å²) < 4.78 is 0. The first kappa shape index (κ1) is 15.4. The summed E-state index contributed by atoms with van der Waals surface area (Å²) in [5.74, 6) is 0.344. The molecule has 0 amide bonds. The van der Waals surface area contributed by atoms with Crippen LogP contribution in [0.2, 0.25) is 0 Å². The number of phenolic OH excluding ortho intramolecular Hbond substituents is 1. The SMILES string of the molecule is O=c1[nH]c(NN=Cc2ccc(O)cc2)nnc1Cc1ccccc1. The predicted octanol–water partition coefficient (Wildman–Crippen LogP) is 1.91. The summed E-state index contributed by atoms with van der Waals surface area (Å²) in [6.07, 6.45) is 1.96. The van der Waals surface area contributed by atoms with E-state index in [1.165, 1.54) is 6.21 Å². The van der Waals surface area contributed by atoms with Gasteiger partial charge in [-0.25, -0.2) is 5.43 Å². The zero-order valence-electron chi connectivity index (χ0n) is 12.7. The van der Waals surface area contributed by atoms with Gasteiger partial charge in [-0.1, -0.05) is 30.3 Å². The molecule has 0 aliphatic heterocycles. The average molecular weight is 321 g/mol. The van der Waals surface area contributed by atoms with Gasteiger partial charge >= 0.3 is 0 Å². The van der Waals surface area contributed by atoms with Crippen LogP contribution >= 0.6 is 0 Å². The number of nitrogens with zero attached hydrogens (tertiary/aromatic N) is 3. The molecule has 24 heavy (non-hydrogen) atoms. The number of hydrogen-bond donors (Lipinski definition) is 3. The average Bonchev–Trinajstić information content (AvgIpc) is 2.60. The van der Waals surface area contributed by atoms with Crippen LogP contribution in [0.5, 0.6) is 5.75 Å². The molecule has 0 radical (unpaired) electrons. The molecule has 7 heteroatoms. The third-order valence-electron chi connectivity index (χ3n) is 3.26. The highest BCUT2D eigenvalue weighted by molar-refractivity contribution is 5.80. The molecule has 0 fully saturated rings. The third-order valence-corrected chi connectivity index (χ3v) is 3.26. The fourth-order valence-corrected chi connectivity index (χ4v) is 2.04. The van der Waals surface area contributed by atoms with Crippen LogP contribution in [0.3, 0.4) is 0 Å². The van der Waals surface area contributed by atoms with E-state index >= 15 is 0 Å². The van der Waals surface area contributed by atoms with E-state index in [1.807, 2.05) is 30.3 Å². The van der Waals surface area contributed by atoms with Crippen molar-refractivity contribution in [2.24, 2.45) is 5.10 Å². The molecule has 0 atom stereocenters. The van der Waals surface area contributed by atoms with Gasteiger partial charge in [-0.3, -0.25) is 9.78 Å². The highest BCUT2D eigenvalue weighted by atomic mass is 16.3. The number of hydrogen-bond acceptors (Lipinski definition) is 6. The fourth-order valence-electron chi connectivity index (χ4n) is 2.04. The molecule has 0 unspecified atom stereocenters. The quantitative estimate of drug-likeness (QED) is 0.492. The molecule has 3 N–H and O–H groups in total. The molecule has 7 nitrogen and oxygen atoms in total. The molecule has 0 aliphatic rings. The molecule has 0 bridgehead atoms. The Kier molecular flexibility index (Phi) is 4.62. The number of H-pyrrole nitrogens is 1. The Bertz CT molecular complexity index is 889. The second kappa shape index (κ2) is 7.19. The number of aromatic amines is 1. The maximum atomic E-state index is 12.0. The van der Waals surface area contributed by atoms with Gasteiger partial charge in [0, 0.05) is 6.42 Å². The zero-order chi connectivity index (χ0) is 16.8. The largest absolute Gasteiger partial charge is 0.508 e. The minimum Gasteiger partial charge on any atom is -0.508 e. The van der Waals surface area contributed by atoms with E-state index in [4.69, 9.17) is 0 Å². The normalized spacial score (nSPS) is 10.8. The molecular formula is C17H15N5O2. The van der Waals surface area contributed by atoms with Crippen molar-refractivity contribution < 1.29 is 5.11 Å². The van der Waals surface area contributed by atoms with Crippen molar-refractivity contribution in [2.45, 2.75) is 6.42 Å². The minimum absolute atomic E-state index is 0.159. The van der Waals surface area contributed by atoms with Crippen molar-refractivity contribution in [3.8, 4) is 5.75 Å². The molecule has 120 valence electrons. The fraction of sp³-hybridized carbons (Fsp3) is 0.0588. The van der Waals surface area contributed by atoms with E-state index in [-0.39, 0.29) is 17.3 Å². The maximum Gasteiger partial charge on any atom is 0.274 e. The number of aromatic nitrogens is 3. The van der Waals surface area contributed by atoms with Gasteiger partial charge in [0.15, 0.2) is 0 Å². The number of rotatable bonds is 5. The van der Waals surface area contributed by atoms with Crippen LogP contribution in [-0.2, 0) is 6.42 Å².